The van der Waals surface area contributed by atoms with Crippen molar-refractivity contribution in [2.24, 2.45) is 0 Å². The summed E-state index contributed by atoms with van der Waals surface area (Å²) in [5.74, 6) is -1.18. The Labute approximate surface area is 149 Å². The molecule has 0 fully saturated rings. The van der Waals surface area contributed by atoms with E-state index < -0.39 is 11.8 Å². The van der Waals surface area contributed by atoms with Gasteiger partial charge < -0.3 is 15.4 Å². The van der Waals surface area contributed by atoms with Crippen molar-refractivity contribution in [3.8, 4) is 5.75 Å². The minimum absolute atomic E-state index is 0.327. The standard InChI is InChI=1S/C19H15ClN2O3/c1-25-17-9-7-14(20)11-16(17)22-19(24)18(23)21-15-8-6-12-4-2-3-5-13(12)10-15/h2-11H,1H3,(H,21,23)(H,22,24). The number of ether oxygens (including phenoxy) is 1. The van der Waals surface area contributed by atoms with Crippen LogP contribution in [0.3, 0.4) is 0 Å². The number of hydrogen-bond donors (Lipinski definition) is 2. The van der Waals surface area contributed by atoms with E-state index in [0.29, 0.717) is 22.1 Å². The molecular formula is C19H15ClN2O3. The monoisotopic (exact) mass is 354 g/mol. The van der Waals surface area contributed by atoms with Crippen molar-refractivity contribution in [2.45, 2.75) is 0 Å². The molecule has 0 atom stereocenters. The van der Waals surface area contributed by atoms with Gasteiger partial charge in [0.25, 0.3) is 0 Å². The number of anilines is 2. The summed E-state index contributed by atoms with van der Waals surface area (Å²) in [5.41, 5.74) is 0.866. The van der Waals surface area contributed by atoms with Crippen LogP contribution in [0.15, 0.2) is 60.7 Å². The van der Waals surface area contributed by atoms with E-state index in [1.165, 1.54) is 13.2 Å². The molecule has 2 amide bonds. The lowest BCUT2D eigenvalue weighted by Gasteiger charge is -2.11. The van der Waals surface area contributed by atoms with Gasteiger partial charge in [0.1, 0.15) is 5.75 Å². The van der Waals surface area contributed by atoms with Gasteiger partial charge in [-0.2, -0.15) is 0 Å². The average molecular weight is 355 g/mol. The molecule has 3 rings (SSSR count). The zero-order valence-electron chi connectivity index (χ0n) is 13.4. The average Bonchev–Trinajstić information content (AvgIpc) is 2.61. The number of carbonyl (C=O) groups is 2. The van der Waals surface area contributed by atoms with Crippen molar-refractivity contribution in [1.82, 2.24) is 0 Å². The van der Waals surface area contributed by atoms with Crippen molar-refractivity contribution in [3.05, 3.63) is 65.7 Å². The lowest BCUT2D eigenvalue weighted by Crippen LogP contribution is -2.29. The lowest BCUT2D eigenvalue weighted by molar-refractivity contribution is -0.133. The van der Waals surface area contributed by atoms with Gasteiger partial charge in [-0.1, -0.05) is 41.9 Å². The molecule has 0 radical (unpaired) electrons. The zero-order valence-corrected chi connectivity index (χ0v) is 14.1. The van der Waals surface area contributed by atoms with Gasteiger partial charge in [-0.25, -0.2) is 0 Å². The number of amides is 2. The van der Waals surface area contributed by atoms with Gasteiger partial charge in [-0.05, 0) is 41.1 Å². The molecule has 0 aliphatic heterocycles. The van der Waals surface area contributed by atoms with Crippen LogP contribution in [0.2, 0.25) is 5.02 Å². The first kappa shape index (κ1) is 16.8. The molecule has 2 N–H and O–H groups in total. The number of carbonyl (C=O) groups excluding carboxylic acids is 2. The second kappa shape index (κ2) is 7.23. The Bertz CT molecular complexity index is 956. The normalized spacial score (nSPS) is 10.3. The van der Waals surface area contributed by atoms with Crippen molar-refractivity contribution in [2.75, 3.05) is 17.7 Å². The number of hydrogen-bond acceptors (Lipinski definition) is 3. The quantitative estimate of drug-likeness (QED) is 0.696. The number of fused-ring (bicyclic) bond motifs is 1. The molecule has 3 aromatic rings. The van der Waals surface area contributed by atoms with Crippen molar-refractivity contribution >= 4 is 45.6 Å². The number of nitrogens with one attached hydrogen (secondary N) is 2. The van der Waals surface area contributed by atoms with Gasteiger partial charge >= 0.3 is 11.8 Å². The van der Waals surface area contributed by atoms with E-state index in [2.05, 4.69) is 10.6 Å². The van der Waals surface area contributed by atoms with E-state index in [-0.39, 0.29) is 0 Å². The molecule has 0 aliphatic rings. The predicted octanol–water partition coefficient (Wildman–Crippen LogP) is 4.08. The SMILES string of the molecule is COc1ccc(Cl)cc1NC(=O)C(=O)Nc1ccc2ccccc2c1. The van der Waals surface area contributed by atoms with E-state index in [9.17, 15) is 9.59 Å². The molecule has 0 unspecified atom stereocenters. The highest BCUT2D eigenvalue weighted by atomic mass is 35.5. The molecule has 0 spiro atoms. The molecule has 6 heteroatoms. The first-order valence-corrected chi connectivity index (χ1v) is 7.89. The number of rotatable bonds is 3. The Morgan fingerprint density at radius 3 is 2.36 bits per heavy atom. The highest BCUT2D eigenvalue weighted by Gasteiger charge is 2.16. The van der Waals surface area contributed by atoms with Crippen LogP contribution in [-0.2, 0) is 9.59 Å². The van der Waals surface area contributed by atoms with Crippen LogP contribution in [0.4, 0.5) is 11.4 Å². The first-order valence-electron chi connectivity index (χ1n) is 7.51. The molecule has 0 aliphatic carbocycles. The van der Waals surface area contributed by atoms with Gasteiger partial charge in [-0.3, -0.25) is 9.59 Å². The van der Waals surface area contributed by atoms with Gasteiger partial charge in [0, 0.05) is 10.7 Å². The van der Waals surface area contributed by atoms with E-state index in [1.807, 2.05) is 30.3 Å². The lowest BCUT2D eigenvalue weighted by atomic mass is 10.1. The van der Waals surface area contributed by atoms with E-state index in [4.69, 9.17) is 16.3 Å². The van der Waals surface area contributed by atoms with Crippen LogP contribution in [-0.4, -0.2) is 18.9 Å². The summed E-state index contributed by atoms with van der Waals surface area (Å²) < 4.78 is 5.14. The van der Waals surface area contributed by atoms with Crippen LogP contribution in [0, 0.1) is 0 Å². The van der Waals surface area contributed by atoms with Crippen LogP contribution < -0.4 is 15.4 Å². The number of halogens is 1. The molecule has 126 valence electrons. The highest BCUT2D eigenvalue weighted by molar-refractivity contribution is 6.44. The summed E-state index contributed by atoms with van der Waals surface area (Å²) in [6, 6.07) is 17.9. The number of benzene rings is 3. The molecular weight excluding hydrogens is 340 g/mol. The Balaban J connectivity index is 1.74. The summed E-state index contributed by atoms with van der Waals surface area (Å²) in [6.45, 7) is 0. The van der Waals surface area contributed by atoms with Crippen LogP contribution in [0.5, 0.6) is 5.75 Å². The van der Waals surface area contributed by atoms with E-state index in [1.54, 1.807) is 24.3 Å². The maximum atomic E-state index is 12.1. The smallest absolute Gasteiger partial charge is 0.314 e. The van der Waals surface area contributed by atoms with Crippen molar-refractivity contribution in [1.29, 1.82) is 0 Å². The predicted molar refractivity (Wildman–Crippen MR) is 99.2 cm³/mol. The minimum Gasteiger partial charge on any atom is -0.495 e. The van der Waals surface area contributed by atoms with E-state index >= 15 is 0 Å². The molecule has 0 bridgehead atoms. The first-order chi connectivity index (χ1) is 12.1. The molecule has 25 heavy (non-hydrogen) atoms. The van der Waals surface area contributed by atoms with Crippen molar-refractivity contribution in [3.63, 3.8) is 0 Å². The topological polar surface area (TPSA) is 67.4 Å². The van der Waals surface area contributed by atoms with Gasteiger partial charge in [0.2, 0.25) is 0 Å². The van der Waals surface area contributed by atoms with Gasteiger partial charge in [0.05, 0.1) is 12.8 Å². The van der Waals surface area contributed by atoms with Gasteiger partial charge in [-0.15, -0.1) is 0 Å². The molecule has 0 saturated heterocycles. The Kier molecular flexibility index (Phi) is 4.86. The van der Waals surface area contributed by atoms with Crippen LogP contribution in [0.1, 0.15) is 0 Å². The third-order valence-electron chi connectivity index (χ3n) is 3.62. The third kappa shape index (κ3) is 3.89. The summed E-state index contributed by atoms with van der Waals surface area (Å²) in [5, 5.41) is 7.52. The minimum atomic E-state index is -0.811. The highest BCUT2D eigenvalue weighted by Crippen LogP contribution is 2.27. The Morgan fingerprint density at radius 2 is 1.60 bits per heavy atom. The largest absolute Gasteiger partial charge is 0.495 e. The van der Waals surface area contributed by atoms with Gasteiger partial charge in [0.15, 0.2) is 0 Å². The summed E-state index contributed by atoms with van der Waals surface area (Å²) in [7, 11) is 1.47. The number of methoxy groups -OCH3 is 1. The fourth-order valence-electron chi connectivity index (χ4n) is 2.41. The zero-order chi connectivity index (χ0) is 17.8. The molecule has 0 heterocycles. The molecule has 0 aromatic heterocycles. The van der Waals surface area contributed by atoms with Crippen molar-refractivity contribution < 1.29 is 14.3 Å². The Morgan fingerprint density at radius 1 is 0.880 bits per heavy atom. The maximum absolute atomic E-state index is 12.1. The third-order valence-corrected chi connectivity index (χ3v) is 3.86. The second-order valence-electron chi connectivity index (χ2n) is 5.31. The molecule has 3 aromatic carbocycles. The maximum Gasteiger partial charge on any atom is 0.314 e. The van der Waals surface area contributed by atoms with Crippen LogP contribution >= 0.6 is 11.6 Å². The second-order valence-corrected chi connectivity index (χ2v) is 5.75. The fourth-order valence-corrected chi connectivity index (χ4v) is 2.58. The molecule has 5 nitrogen and oxygen atoms in total. The Hall–Kier alpha value is -3.05. The summed E-state index contributed by atoms with van der Waals surface area (Å²) in [4.78, 5) is 24.3. The van der Waals surface area contributed by atoms with Crippen LogP contribution in [0.25, 0.3) is 10.8 Å². The molecule has 0 saturated carbocycles. The fraction of sp³-hybridized carbons (Fsp3) is 0.0526. The van der Waals surface area contributed by atoms with E-state index in [0.717, 1.165) is 10.8 Å². The summed E-state index contributed by atoms with van der Waals surface area (Å²) in [6.07, 6.45) is 0. The summed E-state index contributed by atoms with van der Waals surface area (Å²) >= 11 is 5.91.